The lowest BCUT2D eigenvalue weighted by molar-refractivity contribution is 0.429. The van der Waals surface area contributed by atoms with E-state index in [2.05, 4.69) is 0 Å². The van der Waals surface area contributed by atoms with Crippen LogP contribution in [-0.4, -0.2) is 36.4 Å². The summed E-state index contributed by atoms with van der Waals surface area (Å²) in [4.78, 5) is 0. The van der Waals surface area contributed by atoms with Gasteiger partial charge in [-0.25, -0.2) is 12.7 Å². The Labute approximate surface area is 96.8 Å². The Hall–Kier alpha value is 0.200. The lowest BCUT2D eigenvalue weighted by Gasteiger charge is -2.26. The van der Waals surface area contributed by atoms with Crippen LogP contribution >= 0.6 is 11.6 Å². The zero-order chi connectivity index (χ0) is 10.9. The maximum atomic E-state index is 12.2. The highest BCUT2D eigenvalue weighted by Crippen LogP contribution is 2.28. The molecule has 0 aromatic carbocycles. The van der Waals surface area contributed by atoms with Gasteiger partial charge in [0, 0.05) is 18.5 Å². The molecule has 1 heterocycles. The second kappa shape index (κ2) is 4.60. The van der Waals surface area contributed by atoms with Crippen LogP contribution in [0.5, 0.6) is 0 Å². The zero-order valence-electron chi connectivity index (χ0n) is 8.86. The molecule has 0 bridgehead atoms. The number of hydrogen-bond acceptors (Lipinski definition) is 2. The first-order chi connectivity index (χ1) is 7.10. The van der Waals surface area contributed by atoms with Crippen LogP contribution in [0.25, 0.3) is 0 Å². The molecule has 0 amide bonds. The van der Waals surface area contributed by atoms with E-state index >= 15 is 0 Å². The number of hydrogen-bond donors (Lipinski definition) is 0. The molecule has 1 saturated heterocycles. The first-order valence-electron chi connectivity index (χ1n) is 5.74. The highest BCUT2D eigenvalue weighted by molar-refractivity contribution is 7.89. The monoisotopic (exact) mass is 251 g/mol. The number of nitrogens with zero attached hydrogens (tertiary/aromatic N) is 1. The van der Waals surface area contributed by atoms with Crippen molar-refractivity contribution in [1.82, 2.24) is 4.31 Å². The molecule has 0 aromatic rings. The lowest BCUT2D eigenvalue weighted by atomic mass is 10.0. The van der Waals surface area contributed by atoms with Crippen LogP contribution in [0.2, 0.25) is 0 Å². The van der Waals surface area contributed by atoms with Crippen molar-refractivity contribution in [1.29, 1.82) is 0 Å². The first kappa shape index (κ1) is 11.7. The van der Waals surface area contributed by atoms with Crippen molar-refractivity contribution in [3.8, 4) is 0 Å². The third-order valence-corrected chi connectivity index (χ3v) is 6.15. The van der Waals surface area contributed by atoms with E-state index in [0.717, 1.165) is 32.1 Å². The molecule has 2 aliphatic rings. The first-order valence-corrected chi connectivity index (χ1v) is 7.67. The van der Waals surface area contributed by atoms with Gasteiger partial charge in [-0.3, -0.25) is 0 Å². The van der Waals surface area contributed by atoms with Gasteiger partial charge >= 0.3 is 0 Å². The van der Waals surface area contributed by atoms with E-state index in [4.69, 9.17) is 11.6 Å². The Morgan fingerprint density at radius 2 is 1.73 bits per heavy atom. The summed E-state index contributed by atoms with van der Waals surface area (Å²) in [5.41, 5.74) is 0. The average Bonchev–Trinajstić information content (AvgIpc) is 2.67. The summed E-state index contributed by atoms with van der Waals surface area (Å²) in [6, 6.07) is 0. The fourth-order valence-electron chi connectivity index (χ4n) is 2.49. The third kappa shape index (κ3) is 2.48. The summed E-state index contributed by atoms with van der Waals surface area (Å²) >= 11 is 5.95. The van der Waals surface area contributed by atoms with Gasteiger partial charge in [0.1, 0.15) is 0 Å². The van der Waals surface area contributed by atoms with Crippen molar-refractivity contribution in [3.05, 3.63) is 0 Å². The molecule has 0 spiro atoms. The van der Waals surface area contributed by atoms with Crippen LogP contribution in [-0.2, 0) is 10.0 Å². The van der Waals surface area contributed by atoms with Crippen LogP contribution in [0.15, 0.2) is 0 Å². The van der Waals surface area contributed by atoms with Gasteiger partial charge in [0.15, 0.2) is 0 Å². The molecule has 88 valence electrons. The molecule has 0 N–H and O–H groups in total. The van der Waals surface area contributed by atoms with Gasteiger partial charge in [0.05, 0.1) is 5.25 Å². The predicted molar refractivity (Wildman–Crippen MR) is 61.6 cm³/mol. The molecule has 2 rings (SSSR count). The minimum absolute atomic E-state index is 0.0170. The number of halogens is 1. The quantitative estimate of drug-likeness (QED) is 0.704. The Bertz CT molecular complexity index is 301. The van der Waals surface area contributed by atoms with Crippen molar-refractivity contribution in [2.75, 3.05) is 13.1 Å². The maximum absolute atomic E-state index is 12.2. The molecule has 1 saturated carbocycles. The molecule has 15 heavy (non-hydrogen) atoms. The van der Waals surface area contributed by atoms with E-state index in [-0.39, 0.29) is 10.6 Å². The molecule has 1 aliphatic carbocycles. The van der Waals surface area contributed by atoms with Gasteiger partial charge in [-0.05, 0) is 19.3 Å². The van der Waals surface area contributed by atoms with Crippen LogP contribution in [0.3, 0.4) is 0 Å². The molecule has 1 aliphatic heterocycles. The number of alkyl halides is 1. The van der Waals surface area contributed by atoms with E-state index in [1.165, 1.54) is 6.42 Å². The SMILES string of the molecule is O=S(=O)(C1CCCCC1)N1CCC(Cl)C1. The number of sulfonamides is 1. The van der Waals surface area contributed by atoms with Gasteiger partial charge in [-0.15, -0.1) is 11.6 Å². The van der Waals surface area contributed by atoms with Crippen molar-refractivity contribution >= 4 is 21.6 Å². The van der Waals surface area contributed by atoms with Gasteiger partial charge in [0.25, 0.3) is 0 Å². The third-order valence-electron chi connectivity index (χ3n) is 3.43. The van der Waals surface area contributed by atoms with Crippen LogP contribution in [0.1, 0.15) is 38.5 Å². The van der Waals surface area contributed by atoms with Gasteiger partial charge in [0.2, 0.25) is 10.0 Å². The van der Waals surface area contributed by atoms with Crippen LogP contribution < -0.4 is 0 Å². The summed E-state index contributed by atoms with van der Waals surface area (Å²) in [6.45, 7) is 1.13. The average molecular weight is 252 g/mol. The summed E-state index contributed by atoms with van der Waals surface area (Å²) in [7, 11) is -3.05. The normalized spacial score (nSPS) is 30.9. The standard InChI is InChI=1S/C10H18ClNO2S/c11-9-6-7-12(8-9)15(13,14)10-4-2-1-3-5-10/h9-10H,1-8H2. The largest absolute Gasteiger partial charge is 0.217 e. The molecule has 1 unspecified atom stereocenters. The highest BCUT2D eigenvalue weighted by atomic mass is 35.5. The summed E-state index contributed by atoms with van der Waals surface area (Å²) in [5, 5.41) is -0.114. The molecule has 5 heteroatoms. The minimum atomic E-state index is -3.05. The molecule has 0 aromatic heterocycles. The van der Waals surface area contributed by atoms with Gasteiger partial charge in [-0.2, -0.15) is 0 Å². The van der Waals surface area contributed by atoms with Gasteiger partial charge < -0.3 is 0 Å². The molecular weight excluding hydrogens is 234 g/mol. The fraction of sp³-hybridized carbons (Fsp3) is 1.00. The molecular formula is C10H18ClNO2S. The Morgan fingerprint density at radius 1 is 1.07 bits per heavy atom. The van der Waals surface area contributed by atoms with Gasteiger partial charge in [-0.1, -0.05) is 19.3 Å². The van der Waals surface area contributed by atoms with Crippen molar-refractivity contribution < 1.29 is 8.42 Å². The summed E-state index contributed by atoms with van der Waals surface area (Å²) in [5.74, 6) is 0. The highest BCUT2D eigenvalue weighted by Gasteiger charge is 2.36. The summed E-state index contributed by atoms with van der Waals surface area (Å²) in [6.07, 6.45) is 5.78. The van der Waals surface area contributed by atoms with E-state index < -0.39 is 10.0 Å². The second-order valence-corrected chi connectivity index (χ2v) is 7.38. The molecule has 3 nitrogen and oxygen atoms in total. The molecule has 0 radical (unpaired) electrons. The zero-order valence-corrected chi connectivity index (χ0v) is 10.4. The lowest BCUT2D eigenvalue weighted by Crippen LogP contribution is -2.38. The second-order valence-electron chi connectivity index (χ2n) is 4.55. The van der Waals surface area contributed by atoms with E-state index in [1.54, 1.807) is 4.31 Å². The Kier molecular flexibility index (Phi) is 3.58. The van der Waals surface area contributed by atoms with Crippen LogP contribution in [0, 0.1) is 0 Å². The predicted octanol–water partition coefficient (Wildman–Crippen LogP) is 1.96. The van der Waals surface area contributed by atoms with Crippen molar-refractivity contribution in [2.24, 2.45) is 0 Å². The number of rotatable bonds is 2. The smallest absolute Gasteiger partial charge is 0.212 e. The van der Waals surface area contributed by atoms with Crippen molar-refractivity contribution in [3.63, 3.8) is 0 Å². The molecule has 2 fully saturated rings. The maximum Gasteiger partial charge on any atom is 0.217 e. The van der Waals surface area contributed by atoms with Crippen LogP contribution in [0.4, 0.5) is 0 Å². The summed E-state index contributed by atoms with van der Waals surface area (Å²) < 4.78 is 26.0. The topological polar surface area (TPSA) is 37.4 Å². The van der Waals surface area contributed by atoms with E-state index in [0.29, 0.717) is 13.1 Å². The van der Waals surface area contributed by atoms with Crippen molar-refractivity contribution in [2.45, 2.75) is 49.2 Å². The molecule has 1 atom stereocenters. The van der Waals surface area contributed by atoms with E-state index in [1.807, 2.05) is 0 Å². The fourth-order valence-corrected chi connectivity index (χ4v) is 4.94. The Morgan fingerprint density at radius 3 is 2.27 bits per heavy atom. The minimum Gasteiger partial charge on any atom is -0.212 e. The Balaban J connectivity index is 2.05. The van der Waals surface area contributed by atoms with E-state index in [9.17, 15) is 8.42 Å².